The van der Waals surface area contributed by atoms with Crippen LogP contribution in [0.3, 0.4) is 0 Å². The largest absolute Gasteiger partial charge is 0.432 e. The van der Waals surface area contributed by atoms with Crippen molar-refractivity contribution in [3.8, 4) is 0 Å². The van der Waals surface area contributed by atoms with Crippen LogP contribution in [-0.2, 0) is 19.9 Å². The second-order valence-electron chi connectivity index (χ2n) is 12.6. The quantitative estimate of drug-likeness (QED) is 0.291. The number of hydrogen-bond donors (Lipinski definition) is 2. The molecule has 2 amide bonds. The van der Waals surface area contributed by atoms with Gasteiger partial charge in [0.15, 0.2) is 13.9 Å². The van der Waals surface area contributed by atoms with Crippen molar-refractivity contribution in [1.29, 1.82) is 0 Å². The molecule has 0 aromatic heterocycles. The van der Waals surface area contributed by atoms with E-state index in [0.29, 0.717) is 23.7 Å². The number of ether oxygens (including phenoxy) is 1. The van der Waals surface area contributed by atoms with E-state index in [1.54, 1.807) is 15.9 Å². The fourth-order valence-electron chi connectivity index (χ4n) is 7.01. The third-order valence-electron chi connectivity index (χ3n) is 8.94. The van der Waals surface area contributed by atoms with E-state index in [1.165, 1.54) is 11.1 Å². The predicted molar refractivity (Wildman–Crippen MR) is 162 cm³/mol. The summed E-state index contributed by atoms with van der Waals surface area (Å²) in [6.07, 6.45) is 7.26. The van der Waals surface area contributed by atoms with Crippen LogP contribution in [0.4, 0.5) is 5.69 Å². The average Bonchev–Trinajstić information content (AvgIpc) is 3.52. The van der Waals surface area contributed by atoms with E-state index in [2.05, 4.69) is 32.9 Å². The fourth-order valence-corrected chi connectivity index (χ4v) is 9.74. The lowest BCUT2D eigenvalue weighted by molar-refractivity contribution is -0.149. The molecule has 2 N–H and O–H groups in total. The highest BCUT2D eigenvalue weighted by atomic mass is 35.5. The number of carbonyl (C=O) groups is 2. The van der Waals surface area contributed by atoms with Gasteiger partial charge in [-0.25, -0.2) is 0 Å². The third-order valence-corrected chi connectivity index (χ3v) is 11.7. The number of carbonyl (C=O) groups excluding carboxylic acids is 2. The lowest BCUT2D eigenvalue weighted by atomic mass is 9.82. The minimum absolute atomic E-state index is 0.0663. The lowest BCUT2D eigenvalue weighted by Gasteiger charge is -2.32. The minimum Gasteiger partial charge on any atom is -0.432 e. The molecule has 9 heteroatoms. The van der Waals surface area contributed by atoms with E-state index >= 15 is 0 Å². The van der Waals surface area contributed by atoms with Gasteiger partial charge in [-0.05, 0) is 77.7 Å². The van der Waals surface area contributed by atoms with Crippen molar-refractivity contribution < 1.29 is 24.2 Å². The zero-order valence-electron chi connectivity index (χ0n) is 24.7. The van der Waals surface area contributed by atoms with Crippen LogP contribution in [0.15, 0.2) is 41.5 Å². The van der Waals surface area contributed by atoms with E-state index in [0.717, 1.165) is 31.4 Å². The maximum Gasteiger partial charge on any atom is 0.264 e. The van der Waals surface area contributed by atoms with Crippen molar-refractivity contribution >= 4 is 37.4 Å². The zero-order valence-corrected chi connectivity index (χ0v) is 26.5. The summed E-state index contributed by atoms with van der Waals surface area (Å²) in [5.41, 5.74) is 2.30. The minimum atomic E-state index is -2.89. The molecular weight excluding hydrogens is 544 g/mol. The molecule has 1 spiro atoms. The third kappa shape index (κ3) is 5.84. The van der Waals surface area contributed by atoms with Crippen molar-refractivity contribution in [2.75, 3.05) is 24.6 Å². The maximum absolute atomic E-state index is 14.4. The number of allylic oxidation sites excluding steroid dienone is 3. The number of hydrogen-bond acceptors (Lipinski definition) is 5. The smallest absolute Gasteiger partial charge is 0.264 e. The molecule has 1 aromatic rings. The molecule has 0 unspecified atom stereocenters. The molecule has 3 aliphatic heterocycles. The molecule has 0 bridgehead atoms. The molecule has 5 atom stereocenters. The topological polar surface area (TPSA) is 90.3 Å². The highest BCUT2D eigenvalue weighted by molar-refractivity contribution is 6.71. The number of likely N-dealkylation sites (tertiary alicyclic amines) is 1. The van der Waals surface area contributed by atoms with Crippen LogP contribution in [0.5, 0.6) is 0 Å². The van der Waals surface area contributed by atoms with Crippen molar-refractivity contribution in [2.24, 2.45) is 5.92 Å². The predicted octanol–water partition coefficient (Wildman–Crippen LogP) is 5.55. The number of anilines is 1. The maximum atomic E-state index is 14.4. The molecule has 0 aliphatic carbocycles. The first kappa shape index (κ1) is 31.0. The molecule has 4 rings (SSSR count). The Morgan fingerprint density at radius 2 is 1.98 bits per heavy atom. The number of amides is 2. The number of benzene rings is 1. The van der Waals surface area contributed by atoms with E-state index < -0.39 is 20.0 Å². The van der Waals surface area contributed by atoms with Gasteiger partial charge < -0.3 is 24.4 Å². The van der Waals surface area contributed by atoms with Gasteiger partial charge in [-0.2, -0.15) is 0 Å². The van der Waals surface area contributed by atoms with Crippen molar-refractivity contribution in [2.45, 2.75) is 96.2 Å². The van der Waals surface area contributed by atoms with Crippen LogP contribution in [0.1, 0.15) is 65.4 Å². The molecule has 40 heavy (non-hydrogen) atoms. The Balaban J connectivity index is 1.67. The average molecular weight is 589 g/mol. The van der Waals surface area contributed by atoms with Crippen LogP contribution in [0.25, 0.3) is 0 Å². The Labute approximate surface area is 245 Å². The molecule has 7 nitrogen and oxygen atoms in total. The summed E-state index contributed by atoms with van der Waals surface area (Å²) in [5, 5.41) is 10.3. The zero-order chi connectivity index (χ0) is 29.4. The first-order valence-corrected chi connectivity index (χ1v) is 17.9. The summed E-state index contributed by atoms with van der Waals surface area (Å²) in [6.45, 7) is 12.9. The van der Waals surface area contributed by atoms with E-state index in [-0.39, 0.29) is 42.3 Å². The van der Waals surface area contributed by atoms with Gasteiger partial charge in [-0.1, -0.05) is 41.8 Å². The van der Waals surface area contributed by atoms with Gasteiger partial charge in [-0.3, -0.25) is 9.59 Å². The van der Waals surface area contributed by atoms with E-state index in [4.69, 9.17) is 16.3 Å². The van der Waals surface area contributed by atoms with Crippen LogP contribution < -0.4 is 4.90 Å². The van der Waals surface area contributed by atoms with Crippen LogP contribution >= 0.6 is 11.6 Å². The first-order valence-electron chi connectivity index (χ1n) is 14.5. The standard InChI is InChI=1S/C31H45ClN2O5Si/c1-20(2)9-7-10-21(3)14-16-34-26-13-12-23(32)17-25(26)31(30(34)37)22(4)29(40(5,6)38)27(39-31)18-28(36)33-15-8-11-24(33)19-35/h9,12-14,17,22,24,27,29,35,38H,7-8,10-11,15-16,18-19H2,1-6H3/b21-14+/t22-,24+,27+,29-,31+/m1/s1. The Hall–Kier alpha value is -1.97. The summed E-state index contributed by atoms with van der Waals surface area (Å²) in [6, 6.07) is 5.29. The monoisotopic (exact) mass is 588 g/mol. The second-order valence-corrected chi connectivity index (χ2v) is 17.0. The Bertz CT molecular complexity index is 1190. The van der Waals surface area contributed by atoms with Gasteiger partial charge in [0.25, 0.3) is 5.91 Å². The van der Waals surface area contributed by atoms with Gasteiger partial charge >= 0.3 is 0 Å². The Morgan fingerprint density at radius 3 is 2.62 bits per heavy atom. The molecule has 2 fully saturated rings. The molecule has 0 radical (unpaired) electrons. The SMILES string of the molecule is CC(C)=CCC/C(C)=C/CN1C(=O)[C@@]2(O[C@@H](CC(=O)N3CCC[C@H]3CO)[C@H]([Si](C)(C)O)[C@H]2C)c2cc(Cl)ccc21. The molecule has 220 valence electrons. The van der Waals surface area contributed by atoms with Gasteiger partial charge in [0.05, 0.1) is 30.9 Å². The normalized spacial score (nSPS) is 28.5. The molecular formula is C31H45ClN2O5Si. The Morgan fingerprint density at radius 1 is 1.25 bits per heavy atom. The van der Waals surface area contributed by atoms with Crippen molar-refractivity contribution in [3.05, 3.63) is 52.1 Å². The number of rotatable bonds is 9. The van der Waals surface area contributed by atoms with Gasteiger partial charge in [0.2, 0.25) is 5.91 Å². The van der Waals surface area contributed by atoms with Crippen LogP contribution in [0, 0.1) is 5.92 Å². The summed E-state index contributed by atoms with van der Waals surface area (Å²) >= 11 is 6.48. The summed E-state index contributed by atoms with van der Waals surface area (Å²) < 4.78 is 6.77. The van der Waals surface area contributed by atoms with E-state index in [1.807, 2.05) is 32.2 Å². The van der Waals surface area contributed by atoms with Crippen LogP contribution in [-0.4, -0.2) is 66.8 Å². The van der Waals surface area contributed by atoms with Crippen molar-refractivity contribution in [1.82, 2.24) is 4.90 Å². The van der Waals surface area contributed by atoms with Gasteiger partial charge in [0.1, 0.15) is 0 Å². The second kappa shape index (κ2) is 12.1. The summed E-state index contributed by atoms with van der Waals surface area (Å²) in [7, 11) is -2.89. The lowest BCUT2D eigenvalue weighted by Crippen LogP contribution is -2.46. The van der Waals surface area contributed by atoms with E-state index in [9.17, 15) is 19.5 Å². The molecule has 0 saturated carbocycles. The number of aliphatic hydroxyl groups is 1. The van der Waals surface area contributed by atoms with Crippen LogP contribution in [0.2, 0.25) is 23.7 Å². The van der Waals surface area contributed by atoms with Crippen molar-refractivity contribution in [3.63, 3.8) is 0 Å². The molecule has 3 heterocycles. The first-order chi connectivity index (χ1) is 18.8. The number of halogens is 1. The summed E-state index contributed by atoms with van der Waals surface area (Å²) in [4.78, 5) is 42.8. The number of aliphatic hydroxyl groups excluding tert-OH is 1. The molecule has 3 aliphatic rings. The number of nitrogens with zero attached hydrogens (tertiary/aromatic N) is 2. The fraction of sp³-hybridized carbons (Fsp3) is 0.613. The molecule has 1 aromatic carbocycles. The Kier molecular flexibility index (Phi) is 9.37. The summed E-state index contributed by atoms with van der Waals surface area (Å²) in [5.74, 6) is -0.627. The van der Waals surface area contributed by atoms with Gasteiger partial charge in [0, 0.05) is 35.1 Å². The highest BCUT2D eigenvalue weighted by Crippen LogP contribution is 2.60. The highest BCUT2D eigenvalue weighted by Gasteiger charge is 2.66. The number of fused-ring (bicyclic) bond motifs is 2. The van der Waals surface area contributed by atoms with Gasteiger partial charge in [-0.15, -0.1) is 0 Å². The molecule has 2 saturated heterocycles.